The molecule has 2 aromatic rings. The molecule has 1 aromatic carbocycles. The van der Waals surface area contributed by atoms with E-state index >= 15 is 0 Å². The van der Waals surface area contributed by atoms with Crippen LogP contribution in [-0.2, 0) is 17.7 Å². The maximum Gasteiger partial charge on any atom is 0.225 e. The summed E-state index contributed by atoms with van der Waals surface area (Å²) >= 11 is 0. The quantitative estimate of drug-likeness (QED) is 0.914. The minimum atomic E-state index is 0.324. The van der Waals surface area contributed by atoms with E-state index in [2.05, 4.69) is 21.0 Å². The van der Waals surface area contributed by atoms with E-state index in [1.54, 1.807) is 12.1 Å². The van der Waals surface area contributed by atoms with Gasteiger partial charge in [-0.3, -0.25) is 4.90 Å². The van der Waals surface area contributed by atoms with Gasteiger partial charge in [0.15, 0.2) is 0 Å². The number of anilines is 1. The lowest BCUT2D eigenvalue weighted by molar-refractivity contribution is 0.122. The molecule has 2 saturated heterocycles. The number of hydrogen-bond acceptors (Lipinski definition) is 6. The van der Waals surface area contributed by atoms with Gasteiger partial charge in [0.2, 0.25) is 5.95 Å². The monoisotopic (exact) mass is 352 g/mol. The van der Waals surface area contributed by atoms with Gasteiger partial charge in [-0.25, -0.2) is 9.97 Å². The van der Waals surface area contributed by atoms with Crippen LogP contribution in [0.3, 0.4) is 0 Å². The van der Waals surface area contributed by atoms with Crippen molar-refractivity contribution < 1.29 is 9.84 Å². The van der Waals surface area contributed by atoms with Gasteiger partial charge in [0.25, 0.3) is 0 Å². The van der Waals surface area contributed by atoms with Gasteiger partial charge in [-0.05, 0) is 30.5 Å². The van der Waals surface area contributed by atoms with Crippen LogP contribution in [0.4, 0.5) is 5.95 Å². The molecule has 3 aliphatic heterocycles. The van der Waals surface area contributed by atoms with Gasteiger partial charge in [0.05, 0.1) is 18.9 Å². The van der Waals surface area contributed by atoms with E-state index in [0.717, 1.165) is 45.2 Å². The van der Waals surface area contributed by atoms with E-state index < -0.39 is 0 Å². The molecule has 5 rings (SSSR count). The highest BCUT2D eigenvalue weighted by atomic mass is 16.5. The fourth-order valence-corrected chi connectivity index (χ4v) is 4.54. The Bertz CT molecular complexity index is 789. The van der Waals surface area contributed by atoms with E-state index in [1.807, 2.05) is 12.1 Å². The Morgan fingerprint density at radius 3 is 2.73 bits per heavy atom. The van der Waals surface area contributed by atoms with Crippen LogP contribution in [0.1, 0.15) is 35.7 Å². The largest absolute Gasteiger partial charge is 0.508 e. The fourth-order valence-electron chi connectivity index (χ4n) is 4.54. The molecule has 26 heavy (non-hydrogen) atoms. The van der Waals surface area contributed by atoms with E-state index in [4.69, 9.17) is 9.72 Å². The van der Waals surface area contributed by atoms with Crippen LogP contribution in [0.5, 0.6) is 5.75 Å². The number of benzene rings is 1. The first kappa shape index (κ1) is 16.0. The number of ether oxygens (including phenoxy) is 1. The molecule has 3 aliphatic rings. The van der Waals surface area contributed by atoms with Crippen LogP contribution in [0, 0.1) is 0 Å². The number of hydrogen-bond donors (Lipinski definition) is 1. The van der Waals surface area contributed by atoms with Crippen molar-refractivity contribution in [3.8, 4) is 5.75 Å². The summed E-state index contributed by atoms with van der Waals surface area (Å²) in [6.45, 7) is 4.18. The van der Waals surface area contributed by atoms with Crippen LogP contribution in [0.2, 0.25) is 0 Å². The number of rotatable bonds is 3. The summed E-state index contributed by atoms with van der Waals surface area (Å²) in [5.41, 5.74) is 3.78. The van der Waals surface area contributed by atoms with Crippen LogP contribution in [0.15, 0.2) is 30.5 Å². The molecular weight excluding hydrogens is 328 g/mol. The Balaban J connectivity index is 1.39. The molecule has 1 aromatic heterocycles. The molecule has 1 N–H and O–H groups in total. The third kappa shape index (κ3) is 2.83. The lowest BCUT2D eigenvalue weighted by Crippen LogP contribution is -2.40. The number of aromatic hydroxyl groups is 1. The average Bonchev–Trinajstić information content (AvgIpc) is 2.95. The Kier molecular flexibility index (Phi) is 4.02. The number of fused-ring (bicyclic) bond motifs is 4. The minimum absolute atomic E-state index is 0.324. The fraction of sp³-hybridized carbons (Fsp3) is 0.500. The number of aromatic nitrogens is 2. The van der Waals surface area contributed by atoms with Gasteiger partial charge in [0.1, 0.15) is 5.75 Å². The molecule has 0 radical (unpaired) electrons. The van der Waals surface area contributed by atoms with E-state index in [1.165, 1.54) is 29.7 Å². The number of nitrogens with zero attached hydrogens (tertiary/aromatic N) is 4. The molecule has 2 bridgehead atoms. The van der Waals surface area contributed by atoms with Crippen molar-refractivity contribution in [1.29, 1.82) is 0 Å². The first-order chi connectivity index (χ1) is 12.8. The molecule has 136 valence electrons. The second kappa shape index (κ2) is 6.52. The molecule has 2 fully saturated rings. The summed E-state index contributed by atoms with van der Waals surface area (Å²) in [7, 11) is 0. The highest BCUT2D eigenvalue weighted by Crippen LogP contribution is 2.44. The average molecular weight is 352 g/mol. The van der Waals surface area contributed by atoms with Crippen LogP contribution in [-0.4, -0.2) is 52.3 Å². The topological polar surface area (TPSA) is 61.7 Å². The van der Waals surface area contributed by atoms with E-state index in [9.17, 15) is 5.11 Å². The zero-order valence-corrected chi connectivity index (χ0v) is 14.8. The first-order valence-corrected chi connectivity index (χ1v) is 9.50. The minimum Gasteiger partial charge on any atom is -0.508 e. The Morgan fingerprint density at radius 1 is 1.12 bits per heavy atom. The zero-order chi connectivity index (χ0) is 17.5. The lowest BCUT2D eigenvalue weighted by atomic mass is 9.98. The van der Waals surface area contributed by atoms with Crippen LogP contribution < -0.4 is 4.90 Å². The van der Waals surface area contributed by atoms with Crippen molar-refractivity contribution >= 4 is 5.95 Å². The molecule has 6 heteroatoms. The van der Waals surface area contributed by atoms with Crippen LogP contribution in [0.25, 0.3) is 0 Å². The summed E-state index contributed by atoms with van der Waals surface area (Å²) in [5, 5.41) is 9.50. The van der Waals surface area contributed by atoms with Crippen molar-refractivity contribution in [2.24, 2.45) is 0 Å². The van der Waals surface area contributed by atoms with Crippen LogP contribution >= 0.6 is 0 Å². The van der Waals surface area contributed by atoms with Gasteiger partial charge in [0, 0.05) is 49.9 Å². The standard InChI is InChI=1S/C20H24N4O2/c25-16-4-1-14(2-5-16)13-24-15-3-6-19(24)17-12-21-20(22-18(17)11-15)23-7-9-26-10-8-23/h1-2,4-5,12,15,19,25H,3,6-11,13H2. The van der Waals surface area contributed by atoms with E-state index in [-0.39, 0.29) is 0 Å². The van der Waals surface area contributed by atoms with Crippen molar-refractivity contribution in [3.63, 3.8) is 0 Å². The summed E-state index contributed by atoms with van der Waals surface area (Å²) in [6.07, 6.45) is 5.45. The summed E-state index contributed by atoms with van der Waals surface area (Å²) in [5.74, 6) is 1.18. The Hall–Kier alpha value is -2.18. The van der Waals surface area contributed by atoms with Crippen molar-refractivity contribution in [2.75, 3.05) is 31.2 Å². The van der Waals surface area contributed by atoms with Crippen molar-refractivity contribution in [2.45, 2.75) is 37.9 Å². The maximum absolute atomic E-state index is 9.50. The normalized spacial score (nSPS) is 25.3. The van der Waals surface area contributed by atoms with Crippen molar-refractivity contribution in [1.82, 2.24) is 14.9 Å². The molecule has 0 saturated carbocycles. The number of phenols is 1. The third-order valence-electron chi connectivity index (χ3n) is 5.91. The van der Waals surface area contributed by atoms with Gasteiger partial charge >= 0.3 is 0 Å². The highest BCUT2D eigenvalue weighted by Gasteiger charge is 2.40. The SMILES string of the molecule is Oc1ccc(CN2C3CCC2c2cnc(N4CCOCC4)nc2C3)cc1. The summed E-state index contributed by atoms with van der Waals surface area (Å²) in [6, 6.07) is 8.54. The molecule has 0 spiro atoms. The molecule has 6 nitrogen and oxygen atoms in total. The van der Waals surface area contributed by atoms with Gasteiger partial charge in [-0.2, -0.15) is 0 Å². The van der Waals surface area contributed by atoms with E-state index in [0.29, 0.717) is 17.8 Å². The lowest BCUT2D eigenvalue weighted by Gasteiger charge is -2.36. The second-order valence-corrected chi connectivity index (χ2v) is 7.46. The zero-order valence-electron chi connectivity index (χ0n) is 14.8. The second-order valence-electron chi connectivity index (χ2n) is 7.46. The molecule has 0 aliphatic carbocycles. The first-order valence-electron chi connectivity index (χ1n) is 9.50. The molecule has 2 atom stereocenters. The Morgan fingerprint density at radius 2 is 1.92 bits per heavy atom. The molecule has 0 amide bonds. The van der Waals surface area contributed by atoms with Crippen molar-refractivity contribution in [3.05, 3.63) is 47.3 Å². The van der Waals surface area contributed by atoms with Gasteiger partial charge in [-0.1, -0.05) is 12.1 Å². The predicted molar refractivity (Wildman–Crippen MR) is 98.2 cm³/mol. The molecule has 4 heterocycles. The number of morpholine rings is 1. The molecule has 2 unspecified atom stereocenters. The third-order valence-corrected chi connectivity index (χ3v) is 5.91. The van der Waals surface area contributed by atoms with Gasteiger partial charge in [-0.15, -0.1) is 0 Å². The maximum atomic E-state index is 9.50. The smallest absolute Gasteiger partial charge is 0.225 e. The predicted octanol–water partition coefficient (Wildman–Crippen LogP) is 2.28. The highest BCUT2D eigenvalue weighted by molar-refractivity contribution is 5.38. The number of phenolic OH excluding ortho intramolecular Hbond substituents is 1. The summed E-state index contributed by atoms with van der Waals surface area (Å²) < 4.78 is 5.44. The summed E-state index contributed by atoms with van der Waals surface area (Å²) in [4.78, 5) is 14.4. The Labute approximate surface area is 153 Å². The van der Waals surface area contributed by atoms with Gasteiger partial charge < -0.3 is 14.7 Å². The molecular formula is C20H24N4O2.